The van der Waals surface area contributed by atoms with E-state index in [-0.39, 0.29) is 5.92 Å². The summed E-state index contributed by atoms with van der Waals surface area (Å²) in [4.78, 5) is 15.6. The van der Waals surface area contributed by atoms with Crippen molar-refractivity contribution in [3.63, 3.8) is 0 Å². The minimum absolute atomic E-state index is 0.267. The number of hydrogen-bond acceptors (Lipinski definition) is 3. The lowest BCUT2D eigenvalue weighted by Gasteiger charge is -2.15. The quantitative estimate of drug-likeness (QED) is 0.785. The first-order valence-electron chi connectivity index (χ1n) is 5.36. The van der Waals surface area contributed by atoms with Crippen molar-refractivity contribution in [1.82, 2.24) is 4.98 Å². The van der Waals surface area contributed by atoms with Crippen molar-refractivity contribution in [2.24, 2.45) is 11.8 Å². The van der Waals surface area contributed by atoms with Crippen molar-refractivity contribution in [3.05, 3.63) is 30.1 Å². The van der Waals surface area contributed by atoms with E-state index in [9.17, 15) is 4.79 Å². The molecule has 15 heavy (non-hydrogen) atoms. The van der Waals surface area contributed by atoms with Gasteiger partial charge < -0.3 is 0 Å². The Morgan fingerprint density at radius 3 is 2.87 bits per heavy atom. The fourth-order valence-corrected chi connectivity index (χ4v) is 3.43. The van der Waals surface area contributed by atoms with E-state index >= 15 is 0 Å². The fraction of sp³-hybridized carbons (Fsp3) is 0.500. The Morgan fingerprint density at radius 2 is 2.20 bits per heavy atom. The fourth-order valence-electron chi connectivity index (χ4n) is 2.13. The van der Waals surface area contributed by atoms with Crippen LogP contribution in [0, 0.1) is 11.8 Å². The van der Waals surface area contributed by atoms with Crippen molar-refractivity contribution >= 4 is 16.9 Å². The molecule has 1 aliphatic heterocycles. The minimum Gasteiger partial charge on any atom is -0.287 e. The van der Waals surface area contributed by atoms with Crippen LogP contribution in [0.1, 0.15) is 18.9 Å². The Kier molecular flexibility index (Phi) is 3.41. The van der Waals surface area contributed by atoms with E-state index in [4.69, 9.17) is 0 Å². The van der Waals surface area contributed by atoms with Gasteiger partial charge >= 0.3 is 0 Å². The third-order valence-corrected chi connectivity index (χ3v) is 4.18. The highest BCUT2D eigenvalue weighted by Crippen LogP contribution is 2.35. The van der Waals surface area contributed by atoms with Gasteiger partial charge in [0.1, 0.15) is 0 Å². The summed E-state index contributed by atoms with van der Waals surface area (Å²) in [7, 11) is 0. The molecule has 1 saturated heterocycles. The van der Waals surface area contributed by atoms with Crippen LogP contribution < -0.4 is 0 Å². The summed E-state index contributed by atoms with van der Waals surface area (Å²) in [6.45, 7) is 2.11. The molecular formula is C12H15NOS. The highest BCUT2D eigenvalue weighted by atomic mass is 32.2. The smallest absolute Gasteiger partial charge is 0.192 e. The highest BCUT2D eigenvalue weighted by molar-refractivity contribution is 8.14. The summed E-state index contributed by atoms with van der Waals surface area (Å²) in [6, 6.07) is 4.08. The molecule has 2 unspecified atom stereocenters. The molecule has 2 rings (SSSR count). The van der Waals surface area contributed by atoms with Crippen molar-refractivity contribution in [3.8, 4) is 0 Å². The maximum atomic E-state index is 11.6. The van der Waals surface area contributed by atoms with E-state index in [1.165, 1.54) is 17.3 Å². The lowest BCUT2D eigenvalue weighted by atomic mass is 9.88. The number of rotatable bonds is 3. The third-order valence-electron chi connectivity index (χ3n) is 3.00. The molecule has 0 bridgehead atoms. The maximum Gasteiger partial charge on any atom is 0.192 e. The topological polar surface area (TPSA) is 30.0 Å². The molecular weight excluding hydrogens is 206 g/mol. The molecule has 1 fully saturated rings. The Bertz CT molecular complexity index is 339. The molecule has 0 radical (unpaired) electrons. The first-order valence-corrected chi connectivity index (χ1v) is 6.35. The zero-order valence-corrected chi connectivity index (χ0v) is 9.67. The number of aromatic nitrogens is 1. The largest absolute Gasteiger partial charge is 0.287 e. The predicted octanol–water partition coefficient (Wildman–Crippen LogP) is 2.54. The number of pyridine rings is 1. The van der Waals surface area contributed by atoms with E-state index in [0.29, 0.717) is 11.0 Å². The molecule has 1 aliphatic rings. The predicted molar refractivity (Wildman–Crippen MR) is 62.7 cm³/mol. The summed E-state index contributed by atoms with van der Waals surface area (Å²) in [5, 5.41) is 0.386. The molecule has 3 heteroatoms. The van der Waals surface area contributed by atoms with Gasteiger partial charge in [-0.1, -0.05) is 18.7 Å². The minimum atomic E-state index is 0.267. The van der Waals surface area contributed by atoms with Crippen LogP contribution in [-0.2, 0) is 11.2 Å². The van der Waals surface area contributed by atoms with Gasteiger partial charge in [-0.3, -0.25) is 9.78 Å². The van der Waals surface area contributed by atoms with Crippen LogP contribution in [-0.4, -0.2) is 15.9 Å². The van der Waals surface area contributed by atoms with E-state index in [2.05, 4.69) is 11.9 Å². The molecule has 0 spiro atoms. The SMILES string of the molecule is CCC1C(=O)SCC1Cc1ccncc1. The molecule has 1 aromatic rings. The zero-order valence-electron chi connectivity index (χ0n) is 8.85. The molecule has 0 aromatic carbocycles. The van der Waals surface area contributed by atoms with Gasteiger partial charge in [-0.05, 0) is 36.5 Å². The Morgan fingerprint density at radius 1 is 1.47 bits per heavy atom. The Hall–Kier alpha value is -0.830. The van der Waals surface area contributed by atoms with E-state index in [1.807, 2.05) is 24.5 Å². The molecule has 0 aliphatic carbocycles. The number of hydrogen-bond donors (Lipinski definition) is 0. The Labute approximate surface area is 94.5 Å². The first kappa shape index (κ1) is 10.7. The number of nitrogens with zero attached hydrogens (tertiary/aromatic N) is 1. The van der Waals surface area contributed by atoms with Crippen LogP contribution in [0.3, 0.4) is 0 Å². The summed E-state index contributed by atoms with van der Waals surface area (Å²) >= 11 is 1.50. The van der Waals surface area contributed by atoms with Gasteiger partial charge in [0.2, 0.25) is 0 Å². The van der Waals surface area contributed by atoms with Crippen LogP contribution in [0.25, 0.3) is 0 Å². The summed E-state index contributed by atoms with van der Waals surface area (Å²) < 4.78 is 0. The average Bonchev–Trinajstić information content (AvgIpc) is 2.61. The monoisotopic (exact) mass is 221 g/mol. The number of carbonyl (C=O) groups is 1. The molecule has 2 atom stereocenters. The normalized spacial score (nSPS) is 25.8. The highest BCUT2D eigenvalue weighted by Gasteiger charge is 2.33. The molecule has 0 N–H and O–H groups in total. The van der Waals surface area contributed by atoms with Gasteiger partial charge in [-0.25, -0.2) is 0 Å². The van der Waals surface area contributed by atoms with Crippen LogP contribution >= 0.6 is 11.8 Å². The lowest BCUT2D eigenvalue weighted by Crippen LogP contribution is -2.16. The van der Waals surface area contributed by atoms with Crippen molar-refractivity contribution in [1.29, 1.82) is 0 Å². The van der Waals surface area contributed by atoms with Gasteiger partial charge in [0.05, 0.1) is 0 Å². The summed E-state index contributed by atoms with van der Waals surface area (Å²) in [5.74, 6) is 1.78. The second-order valence-electron chi connectivity index (χ2n) is 3.96. The van der Waals surface area contributed by atoms with Crippen LogP contribution in [0.15, 0.2) is 24.5 Å². The molecule has 1 aromatic heterocycles. The lowest BCUT2D eigenvalue weighted by molar-refractivity contribution is -0.114. The number of thioether (sulfide) groups is 1. The van der Waals surface area contributed by atoms with Crippen molar-refractivity contribution in [2.75, 3.05) is 5.75 Å². The second-order valence-corrected chi connectivity index (χ2v) is 4.99. The molecule has 0 amide bonds. The van der Waals surface area contributed by atoms with Crippen molar-refractivity contribution in [2.45, 2.75) is 19.8 Å². The summed E-state index contributed by atoms with van der Waals surface area (Å²) in [5.41, 5.74) is 1.30. The van der Waals surface area contributed by atoms with E-state index in [1.54, 1.807) is 0 Å². The van der Waals surface area contributed by atoms with E-state index < -0.39 is 0 Å². The second kappa shape index (κ2) is 4.79. The zero-order chi connectivity index (χ0) is 10.7. The standard InChI is InChI=1S/C12H15NOS/c1-2-11-10(8-15-12(11)14)7-9-3-5-13-6-4-9/h3-6,10-11H,2,7-8H2,1H3. The Balaban J connectivity index is 2.04. The molecule has 2 heterocycles. The van der Waals surface area contributed by atoms with E-state index in [0.717, 1.165) is 18.6 Å². The average molecular weight is 221 g/mol. The van der Waals surface area contributed by atoms with Crippen LogP contribution in [0.4, 0.5) is 0 Å². The maximum absolute atomic E-state index is 11.6. The molecule has 2 nitrogen and oxygen atoms in total. The van der Waals surface area contributed by atoms with Gasteiger partial charge in [-0.15, -0.1) is 0 Å². The third kappa shape index (κ3) is 2.40. The van der Waals surface area contributed by atoms with Gasteiger partial charge in [0, 0.05) is 24.1 Å². The van der Waals surface area contributed by atoms with Crippen LogP contribution in [0.5, 0.6) is 0 Å². The molecule has 0 saturated carbocycles. The van der Waals surface area contributed by atoms with Crippen molar-refractivity contribution < 1.29 is 4.79 Å². The molecule has 80 valence electrons. The first-order chi connectivity index (χ1) is 7.31. The summed E-state index contributed by atoms with van der Waals surface area (Å²) in [6.07, 6.45) is 5.63. The van der Waals surface area contributed by atoms with Crippen LogP contribution in [0.2, 0.25) is 0 Å². The number of carbonyl (C=O) groups excluding carboxylic acids is 1. The van der Waals surface area contributed by atoms with Gasteiger partial charge in [-0.2, -0.15) is 0 Å². The van der Waals surface area contributed by atoms with Gasteiger partial charge in [0.25, 0.3) is 0 Å². The van der Waals surface area contributed by atoms with Gasteiger partial charge in [0.15, 0.2) is 5.12 Å².